The Kier molecular flexibility index (Phi) is 6.81. The van der Waals surface area contributed by atoms with Crippen molar-refractivity contribution in [3.05, 3.63) is 0 Å². The fourth-order valence-corrected chi connectivity index (χ4v) is 4.02. The Hall–Kier alpha value is -0.0900. The van der Waals surface area contributed by atoms with Gasteiger partial charge in [0.2, 0.25) is 10.0 Å². The van der Waals surface area contributed by atoms with Crippen molar-refractivity contribution < 1.29 is 8.42 Å². The summed E-state index contributed by atoms with van der Waals surface area (Å²) in [7, 11) is -1.20. The molecular weight excluding hydrogens is 379 g/mol. The van der Waals surface area contributed by atoms with E-state index in [1.807, 2.05) is 0 Å². The second-order valence-electron chi connectivity index (χ2n) is 4.74. The minimum absolute atomic E-state index is 0. The molecule has 2 rings (SSSR count). The van der Waals surface area contributed by atoms with Gasteiger partial charge in [-0.2, -0.15) is 0 Å². The molecular formula is C11H23IN4O2S. The van der Waals surface area contributed by atoms with Gasteiger partial charge >= 0.3 is 0 Å². The highest BCUT2D eigenvalue weighted by molar-refractivity contribution is 14.0. The molecule has 0 aliphatic carbocycles. The van der Waals surface area contributed by atoms with Crippen molar-refractivity contribution in [1.29, 1.82) is 0 Å². The van der Waals surface area contributed by atoms with Crippen LogP contribution in [0.25, 0.3) is 0 Å². The summed E-state index contributed by atoms with van der Waals surface area (Å²) in [6, 6.07) is 0. The van der Waals surface area contributed by atoms with Crippen LogP contribution in [0, 0.1) is 0 Å². The molecule has 19 heavy (non-hydrogen) atoms. The van der Waals surface area contributed by atoms with Gasteiger partial charge in [0.05, 0.1) is 5.75 Å². The van der Waals surface area contributed by atoms with Crippen molar-refractivity contribution in [3.63, 3.8) is 0 Å². The van der Waals surface area contributed by atoms with Gasteiger partial charge in [0.1, 0.15) is 0 Å². The van der Waals surface area contributed by atoms with Gasteiger partial charge in [-0.05, 0) is 19.3 Å². The number of hydrogen-bond acceptors (Lipinski definition) is 3. The quantitative estimate of drug-likeness (QED) is 0.420. The summed E-state index contributed by atoms with van der Waals surface area (Å²) in [5, 5.41) is 3.25. The number of rotatable bonds is 3. The molecule has 0 aromatic carbocycles. The van der Waals surface area contributed by atoms with Crippen molar-refractivity contribution >= 4 is 40.0 Å². The molecule has 8 heteroatoms. The zero-order chi connectivity index (χ0) is 13.0. The first-order chi connectivity index (χ1) is 8.63. The van der Waals surface area contributed by atoms with Crippen molar-refractivity contribution in [2.24, 2.45) is 4.99 Å². The maximum absolute atomic E-state index is 11.6. The largest absolute Gasteiger partial charge is 0.355 e. The minimum atomic E-state index is -2.97. The van der Waals surface area contributed by atoms with Crippen LogP contribution in [-0.2, 0) is 10.0 Å². The van der Waals surface area contributed by atoms with E-state index in [0.717, 1.165) is 25.5 Å². The Morgan fingerprint density at radius 1 is 1.21 bits per heavy atom. The fourth-order valence-electron chi connectivity index (χ4n) is 2.50. The lowest BCUT2D eigenvalue weighted by Crippen LogP contribution is -2.43. The van der Waals surface area contributed by atoms with Crippen LogP contribution in [0.1, 0.15) is 19.3 Å². The zero-order valence-corrected chi connectivity index (χ0v) is 14.5. The minimum Gasteiger partial charge on any atom is -0.355 e. The molecule has 2 aliphatic rings. The van der Waals surface area contributed by atoms with Crippen molar-refractivity contribution in [1.82, 2.24) is 14.5 Å². The smallest absolute Gasteiger partial charge is 0.214 e. The lowest BCUT2D eigenvalue weighted by atomic mass is 10.4. The summed E-state index contributed by atoms with van der Waals surface area (Å²) < 4.78 is 24.8. The predicted octanol–water partition coefficient (Wildman–Crippen LogP) is 0.311. The van der Waals surface area contributed by atoms with E-state index < -0.39 is 10.0 Å². The molecule has 0 radical (unpaired) electrons. The number of aliphatic imine (C=N–C) groups is 1. The number of likely N-dealkylation sites (tertiary alicyclic amines) is 1. The van der Waals surface area contributed by atoms with Crippen LogP contribution in [0.2, 0.25) is 0 Å². The van der Waals surface area contributed by atoms with E-state index in [1.54, 1.807) is 11.4 Å². The summed E-state index contributed by atoms with van der Waals surface area (Å²) in [6.45, 7) is 3.91. The molecule has 0 unspecified atom stereocenters. The highest BCUT2D eigenvalue weighted by atomic mass is 127. The summed E-state index contributed by atoms with van der Waals surface area (Å²) in [5.74, 6) is 1.19. The van der Waals surface area contributed by atoms with E-state index in [2.05, 4.69) is 15.2 Å². The number of hydrogen-bond donors (Lipinski definition) is 1. The topological polar surface area (TPSA) is 65.0 Å². The maximum Gasteiger partial charge on any atom is 0.214 e. The average Bonchev–Trinajstić information content (AvgIpc) is 2.95. The molecule has 1 N–H and O–H groups in total. The standard InChI is InChI=1S/C11H22N4O2S.HI/c1-12-11(14-6-2-3-7-14)13-5-9-15-8-4-10-18(15,16)17;/h2-10H2,1H3,(H,12,13);1H. The van der Waals surface area contributed by atoms with Crippen LogP contribution in [-0.4, -0.2) is 69.1 Å². The number of nitrogens with one attached hydrogen (secondary N) is 1. The summed E-state index contributed by atoms with van der Waals surface area (Å²) >= 11 is 0. The molecule has 112 valence electrons. The van der Waals surface area contributed by atoms with Crippen LogP contribution in [0.3, 0.4) is 0 Å². The van der Waals surface area contributed by atoms with Crippen LogP contribution in [0.4, 0.5) is 0 Å². The Morgan fingerprint density at radius 2 is 1.89 bits per heavy atom. The monoisotopic (exact) mass is 402 g/mol. The predicted molar refractivity (Wildman–Crippen MR) is 87.6 cm³/mol. The van der Waals surface area contributed by atoms with Gasteiger partial charge in [-0.3, -0.25) is 4.99 Å². The second-order valence-corrected chi connectivity index (χ2v) is 6.83. The van der Waals surface area contributed by atoms with E-state index in [9.17, 15) is 8.42 Å². The maximum atomic E-state index is 11.6. The first kappa shape index (κ1) is 17.0. The van der Waals surface area contributed by atoms with E-state index in [-0.39, 0.29) is 24.0 Å². The van der Waals surface area contributed by atoms with Crippen molar-refractivity contribution in [2.45, 2.75) is 19.3 Å². The second kappa shape index (κ2) is 7.63. The number of guanidine groups is 1. The Morgan fingerprint density at radius 3 is 2.42 bits per heavy atom. The van der Waals surface area contributed by atoms with E-state index in [4.69, 9.17) is 0 Å². The van der Waals surface area contributed by atoms with Gasteiger partial charge in [-0.25, -0.2) is 12.7 Å². The molecule has 0 saturated carbocycles. The lowest BCUT2D eigenvalue weighted by molar-refractivity contribution is 0.435. The molecule has 2 aliphatic heterocycles. The zero-order valence-electron chi connectivity index (χ0n) is 11.3. The van der Waals surface area contributed by atoms with Crippen LogP contribution >= 0.6 is 24.0 Å². The van der Waals surface area contributed by atoms with Gasteiger partial charge in [0, 0.05) is 39.8 Å². The van der Waals surface area contributed by atoms with Gasteiger partial charge in [0.25, 0.3) is 0 Å². The molecule has 0 spiro atoms. The van der Waals surface area contributed by atoms with E-state index >= 15 is 0 Å². The Bertz CT molecular complexity index is 407. The molecule has 2 fully saturated rings. The Labute approximate surface area is 132 Å². The SMILES string of the molecule is CN=C(NCCN1CCCS1(=O)=O)N1CCCC1.I. The normalized spacial score (nSPS) is 23.4. The third-order valence-corrected chi connectivity index (χ3v) is 5.42. The van der Waals surface area contributed by atoms with Crippen molar-refractivity contribution in [2.75, 3.05) is 45.5 Å². The molecule has 0 atom stereocenters. The first-order valence-corrected chi connectivity index (χ1v) is 8.18. The van der Waals surface area contributed by atoms with Crippen molar-refractivity contribution in [3.8, 4) is 0 Å². The molecule has 0 aromatic heterocycles. The van der Waals surface area contributed by atoms with Gasteiger partial charge in [-0.15, -0.1) is 24.0 Å². The third kappa shape index (κ3) is 4.45. The number of halogens is 1. The highest BCUT2D eigenvalue weighted by Gasteiger charge is 2.27. The van der Waals surface area contributed by atoms with Gasteiger partial charge < -0.3 is 10.2 Å². The van der Waals surface area contributed by atoms with E-state index in [1.165, 1.54) is 12.8 Å². The Balaban J connectivity index is 0.00000180. The van der Waals surface area contributed by atoms with Gasteiger partial charge in [0.15, 0.2) is 5.96 Å². The van der Waals surface area contributed by atoms with Crippen LogP contribution in [0.15, 0.2) is 4.99 Å². The average molecular weight is 402 g/mol. The third-order valence-electron chi connectivity index (χ3n) is 3.46. The highest BCUT2D eigenvalue weighted by Crippen LogP contribution is 2.12. The number of sulfonamides is 1. The lowest BCUT2D eigenvalue weighted by Gasteiger charge is -2.22. The summed E-state index contributed by atoms with van der Waals surface area (Å²) in [6.07, 6.45) is 3.17. The van der Waals surface area contributed by atoms with E-state index in [0.29, 0.717) is 25.4 Å². The summed E-state index contributed by atoms with van der Waals surface area (Å²) in [4.78, 5) is 6.45. The van der Waals surface area contributed by atoms with Crippen LogP contribution in [0.5, 0.6) is 0 Å². The first-order valence-electron chi connectivity index (χ1n) is 6.57. The number of nitrogens with zero attached hydrogens (tertiary/aromatic N) is 3. The molecule has 2 saturated heterocycles. The fraction of sp³-hybridized carbons (Fsp3) is 0.909. The summed E-state index contributed by atoms with van der Waals surface area (Å²) in [5.41, 5.74) is 0. The molecule has 0 amide bonds. The molecule has 6 nitrogen and oxygen atoms in total. The molecule has 0 bridgehead atoms. The molecule has 0 aromatic rings. The van der Waals surface area contributed by atoms with Crippen LogP contribution < -0.4 is 5.32 Å². The molecule has 2 heterocycles. The van der Waals surface area contributed by atoms with Gasteiger partial charge in [-0.1, -0.05) is 0 Å².